The molecule has 3 rings (SSSR count). The lowest BCUT2D eigenvalue weighted by atomic mass is 9.77. The second-order valence-corrected chi connectivity index (χ2v) is 6.74. The van der Waals surface area contributed by atoms with Gasteiger partial charge in [0.2, 0.25) is 0 Å². The van der Waals surface area contributed by atoms with E-state index in [4.69, 9.17) is 5.73 Å². The molecule has 3 nitrogen and oxygen atoms in total. The highest BCUT2D eigenvalue weighted by Crippen LogP contribution is 2.46. The number of hydrogen-bond donors (Lipinski definition) is 1. The molecule has 1 amide bonds. The van der Waals surface area contributed by atoms with Crippen LogP contribution in [-0.4, -0.2) is 30.4 Å². The molecule has 1 spiro atoms. The molecule has 1 aliphatic carbocycles. The Balaban J connectivity index is 1.64. The van der Waals surface area contributed by atoms with E-state index < -0.39 is 0 Å². The van der Waals surface area contributed by atoms with Gasteiger partial charge in [0.25, 0.3) is 5.91 Å². The zero-order chi connectivity index (χ0) is 14.7. The molecule has 2 fully saturated rings. The minimum absolute atomic E-state index is 0.196. The Hall–Kier alpha value is -1.35. The number of hydrogen-bond acceptors (Lipinski definition) is 2. The van der Waals surface area contributed by atoms with Gasteiger partial charge in [0, 0.05) is 18.7 Å². The molecule has 0 unspecified atom stereocenters. The molecule has 1 saturated carbocycles. The quantitative estimate of drug-likeness (QED) is 0.928. The lowest BCUT2D eigenvalue weighted by molar-refractivity contribution is 0.0587. The molecule has 114 valence electrons. The van der Waals surface area contributed by atoms with Crippen molar-refractivity contribution in [3.63, 3.8) is 0 Å². The van der Waals surface area contributed by atoms with Gasteiger partial charge in [-0.3, -0.25) is 4.79 Å². The standard InChI is InChI=1S/C18H26N2O/c19-11-6-15-4-3-5-16(14-15)17(21)20-12-9-18(10-13-20)7-1-2-8-18/h3-5,14H,1-2,6-13,19H2. The van der Waals surface area contributed by atoms with Crippen LogP contribution in [0.2, 0.25) is 0 Å². The maximum atomic E-state index is 12.7. The molecule has 1 aliphatic heterocycles. The highest BCUT2D eigenvalue weighted by molar-refractivity contribution is 5.94. The fourth-order valence-corrected chi connectivity index (χ4v) is 4.02. The number of benzene rings is 1. The smallest absolute Gasteiger partial charge is 0.253 e. The summed E-state index contributed by atoms with van der Waals surface area (Å²) in [6, 6.07) is 7.96. The fourth-order valence-electron chi connectivity index (χ4n) is 4.02. The molecule has 0 atom stereocenters. The molecule has 0 bridgehead atoms. The Kier molecular flexibility index (Phi) is 4.29. The van der Waals surface area contributed by atoms with Crippen molar-refractivity contribution in [2.24, 2.45) is 11.1 Å². The highest BCUT2D eigenvalue weighted by atomic mass is 16.2. The second-order valence-electron chi connectivity index (χ2n) is 6.74. The molecule has 1 saturated heterocycles. The first-order chi connectivity index (χ1) is 10.2. The predicted octanol–water partition coefficient (Wildman–Crippen LogP) is 2.98. The SMILES string of the molecule is NCCc1cccc(C(=O)N2CCC3(CCCC3)CC2)c1. The van der Waals surface area contributed by atoms with E-state index in [-0.39, 0.29) is 5.91 Å². The summed E-state index contributed by atoms with van der Waals surface area (Å²) in [5.74, 6) is 0.196. The van der Waals surface area contributed by atoms with Gasteiger partial charge in [0.05, 0.1) is 0 Å². The van der Waals surface area contributed by atoms with Gasteiger partial charge in [-0.05, 0) is 61.8 Å². The molecular formula is C18H26N2O. The Morgan fingerprint density at radius 1 is 1.14 bits per heavy atom. The first-order valence-electron chi connectivity index (χ1n) is 8.31. The molecule has 1 aromatic rings. The van der Waals surface area contributed by atoms with Crippen LogP contribution in [0.1, 0.15) is 54.4 Å². The van der Waals surface area contributed by atoms with E-state index in [0.717, 1.165) is 30.6 Å². The van der Waals surface area contributed by atoms with Gasteiger partial charge in [0.15, 0.2) is 0 Å². The van der Waals surface area contributed by atoms with Crippen molar-refractivity contribution in [1.29, 1.82) is 0 Å². The number of likely N-dealkylation sites (tertiary alicyclic amines) is 1. The van der Waals surface area contributed by atoms with Gasteiger partial charge >= 0.3 is 0 Å². The normalized spacial score (nSPS) is 20.9. The topological polar surface area (TPSA) is 46.3 Å². The number of amides is 1. The van der Waals surface area contributed by atoms with E-state index in [9.17, 15) is 4.79 Å². The largest absolute Gasteiger partial charge is 0.339 e. The molecule has 2 N–H and O–H groups in total. The van der Waals surface area contributed by atoms with Crippen LogP contribution in [-0.2, 0) is 6.42 Å². The van der Waals surface area contributed by atoms with Crippen LogP contribution in [0.25, 0.3) is 0 Å². The number of rotatable bonds is 3. The third-order valence-corrected chi connectivity index (χ3v) is 5.38. The molecule has 1 heterocycles. The first-order valence-corrected chi connectivity index (χ1v) is 8.31. The van der Waals surface area contributed by atoms with E-state index in [2.05, 4.69) is 0 Å². The van der Waals surface area contributed by atoms with Gasteiger partial charge in [-0.1, -0.05) is 25.0 Å². The molecule has 2 aliphatic rings. The number of piperidine rings is 1. The minimum atomic E-state index is 0.196. The van der Waals surface area contributed by atoms with Crippen molar-refractivity contribution >= 4 is 5.91 Å². The van der Waals surface area contributed by atoms with Crippen molar-refractivity contribution in [3.8, 4) is 0 Å². The summed E-state index contributed by atoms with van der Waals surface area (Å²) in [6.45, 7) is 2.49. The molecule has 3 heteroatoms. The third kappa shape index (κ3) is 3.13. The van der Waals surface area contributed by atoms with Crippen LogP contribution < -0.4 is 5.73 Å². The van der Waals surface area contributed by atoms with Gasteiger partial charge in [-0.2, -0.15) is 0 Å². The molecule has 1 aromatic carbocycles. The predicted molar refractivity (Wildman–Crippen MR) is 85.2 cm³/mol. The zero-order valence-electron chi connectivity index (χ0n) is 12.8. The van der Waals surface area contributed by atoms with E-state index in [0.29, 0.717) is 12.0 Å². The number of carbonyl (C=O) groups is 1. The van der Waals surface area contributed by atoms with Crippen molar-refractivity contribution in [2.45, 2.75) is 44.9 Å². The Bertz CT molecular complexity index is 496. The van der Waals surface area contributed by atoms with Crippen molar-refractivity contribution in [2.75, 3.05) is 19.6 Å². The van der Waals surface area contributed by atoms with Crippen LogP contribution in [0, 0.1) is 5.41 Å². The summed E-state index contributed by atoms with van der Waals surface area (Å²) in [7, 11) is 0. The Morgan fingerprint density at radius 2 is 1.86 bits per heavy atom. The number of carbonyl (C=O) groups excluding carboxylic acids is 1. The molecule has 0 radical (unpaired) electrons. The number of nitrogens with two attached hydrogens (primary N) is 1. The maximum absolute atomic E-state index is 12.7. The lowest BCUT2D eigenvalue weighted by Crippen LogP contribution is -2.42. The first kappa shape index (κ1) is 14.6. The monoisotopic (exact) mass is 286 g/mol. The van der Waals surface area contributed by atoms with Gasteiger partial charge in [0.1, 0.15) is 0 Å². The molecule has 0 aromatic heterocycles. The van der Waals surface area contributed by atoms with Crippen molar-refractivity contribution < 1.29 is 4.79 Å². The Morgan fingerprint density at radius 3 is 2.52 bits per heavy atom. The fraction of sp³-hybridized carbons (Fsp3) is 0.611. The summed E-state index contributed by atoms with van der Waals surface area (Å²) >= 11 is 0. The average Bonchev–Trinajstić information content (AvgIpc) is 2.96. The van der Waals surface area contributed by atoms with Crippen LogP contribution in [0.3, 0.4) is 0 Å². The van der Waals surface area contributed by atoms with E-state index in [1.165, 1.54) is 38.5 Å². The molecule has 21 heavy (non-hydrogen) atoms. The van der Waals surface area contributed by atoms with E-state index >= 15 is 0 Å². The number of nitrogens with zero attached hydrogens (tertiary/aromatic N) is 1. The Labute approximate surface area is 127 Å². The summed E-state index contributed by atoms with van der Waals surface area (Å²) in [5.41, 5.74) is 8.15. The highest BCUT2D eigenvalue weighted by Gasteiger charge is 2.38. The van der Waals surface area contributed by atoms with E-state index in [1.807, 2.05) is 29.2 Å². The van der Waals surface area contributed by atoms with Gasteiger partial charge < -0.3 is 10.6 Å². The van der Waals surface area contributed by atoms with Gasteiger partial charge in [-0.15, -0.1) is 0 Å². The van der Waals surface area contributed by atoms with Crippen molar-refractivity contribution in [3.05, 3.63) is 35.4 Å². The van der Waals surface area contributed by atoms with E-state index in [1.54, 1.807) is 0 Å². The average molecular weight is 286 g/mol. The van der Waals surface area contributed by atoms with Crippen LogP contribution >= 0.6 is 0 Å². The zero-order valence-corrected chi connectivity index (χ0v) is 12.8. The van der Waals surface area contributed by atoms with Crippen molar-refractivity contribution in [1.82, 2.24) is 4.90 Å². The van der Waals surface area contributed by atoms with Crippen LogP contribution in [0.5, 0.6) is 0 Å². The molecular weight excluding hydrogens is 260 g/mol. The summed E-state index contributed by atoms with van der Waals surface area (Å²) in [4.78, 5) is 14.7. The van der Waals surface area contributed by atoms with Gasteiger partial charge in [-0.25, -0.2) is 0 Å². The van der Waals surface area contributed by atoms with Crippen LogP contribution in [0.4, 0.5) is 0 Å². The lowest BCUT2D eigenvalue weighted by Gasteiger charge is -2.39. The summed E-state index contributed by atoms with van der Waals surface area (Å²) in [5, 5.41) is 0. The summed E-state index contributed by atoms with van der Waals surface area (Å²) in [6.07, 6.45) is 8.75. The second kappa shape index (κ2) is 6.18. The maximum Gasteiger partial charge on any atom is 0.253 e. The van der Waals surface area contributed by atoms with Crippen LogP contribution in [0.15, 0.2) is 24.3 Å². The minimum Gasteiger partial charge on any atom is -0.339 e. The summed E-state index contributed by atoms with van der Waals surface area (Å²) < 4.78 is 0. The third-order valence-electron chi connectivity index (χ3n) is 5.38.